The van der Waals surface area contributed by atoms with Crippen LogP contribution in [0, 0.1) is 5.82 Å². The summed E-state index contributed by atoms with van der Waals surface area (Å²) in [6.07, 6.45) is 5.02. The van der Waals surface area contributed by atoms with Crippen molar-refractivity contribution in [1.29, 1.82) is 0 Å². The van der Waals surface area contributed by atoms with Gasteiger partial charge in [0.15, 0.2) is 5.96 Å². The van der Waals surface area contributed by atoms with Crippen molar-refractivity contribution in [3.63, 3.8) is 0 Å². The minimum Gasteiger partial charge on any atom is -0.367 e. The largest absolute Gasteiger partial charge is 0.367 e. The molecule has 1 aliphatic carbocycles. The van der Waals surface area contributed by atoms with E-state index in [1.165, 1.54) is 19.3 Å². The molecule has 0 spiro atoms. The number of hydrogen-bond donors (Lipinski definition) is 2. The zero-order valence-corrected chi connectivity index (χ0v) is 18.5. The molecule has 3 aliphatic rings. The second-order valence-electron chi connectivity index (χ2n) is 8.99. The quantitative estimate of drug-likeness (QED) is 0.405. The number of nitrogens with zero attached hydrogens (tertiary/aromatic N) is 4. The highest BCUT2D eigenvalue weighted by Gasteiger charge is 2.38. The summed E-state index contributed by atoms with van der Waals surface area (Å²) in [7, 11) is 1.86. The molecule has 2 aliphatic heterocycles. The predicted octanol–water partition coefficient (Wildman–Crippen LogP) is 2.13. The molecule has 0 radical (unpaired) electrons. The molecule has 2 saturated heterocycles. The highest BCUT2D eigenvalue weighted by molar-refractivity contribution is 5.80. The van der Waals surface area contributed by atoms with Crippen LogP contribution in [-0.2, 0) is 0 Å². The summed E-state index contributed by atoms with van der Waals surface area (Å²) in [5.74, 6) is 0.806. The van der Waals surface area contributed by atoms with Gasteiger partial charge in [0.1, 0.15) is 5.82 Å². The van der Waals surface area contributed by atoms with Crippen LogP contribution in [-0.4, -0.2) is 86.7 Å². The highest BCUT2D eigenvalue weighted by atomic mass is 19.1. The first-order chi connectivity index (χ1) is 14.6. The predicted molar refractivity (Wildman–Crippen MR) is 122 cm³/mol. The zero-order chi connectivity index (χ0) is 20.9. The SMILES string of the molecule is CN=C(NCCCN1CCN(c2ccccc2F)CC1)NC1CC(C)N(C2CC2)C1. The van der Waals surface area contributed by atoms with E-state index in [9.17, 15) is 4.39 Å². The van der Waals surface area contributed by atoms with Gasteiger partial charge in [-0.1, -0.05) is 12.1 Å². The summed E-state index contributed by atoms with van der Waals surface area (Å²) in [5, 5.41) is 7.10. The number of likely N-dealkylation sites (tertiary alicyclic amines) is 1. The topological polar surface area (TPSA) is 46.1 Å². The number of para-hydroxylation sites is 1. The lowest BCUT2D eigenvalue weighted by molar-refractivity contribution is 0.254. The zero-order valence-electron chi connectivity index (χ0n) is 18.5. The standard InChI is InChI=1S/C23H37FN6/c1-18-16-19(17-30(18)20-8-9-20)27-23(25-2)26-10-5-11-28-12-14-29(15-13-28)22-7-4-3-6-21(22)24/h3-4,6-7,18-20H,5,8-17H2,1-2H3,(H2,25,26,27). The van der Waals surface area contributed by atoms with Gasteiger partial charge in [0.25, 0.3) is 0 Å². The Morgan fingerprint density at radius 2 is 1.93 bits per heavy atom. The van der Waals surface area contributed by atoms with E-state index in [0.29, 0.717) is 12.1 Å². The van der Waals surface area contributed by atoms with Crippen LogP contribution in [0.25, 0.3) is 0 Å². The van der Waals surface area contributed by atoms with Gasteiger partial charge in [-0.2, -0.15) is 0 Å². The average molecular weight is 417 g/mol. The van der Waals surface area contributed by atoms with E-state index in [0.717, 1.165) is 69.9 Å². The molecule has 2 unspecified atom stereocenters. The van der Waals surface area contributed by atoms with E-state index in [-0.39, 0.29) is 5.82 Å². The van der Waals surface area contributed by atoms with Crippen molar-refractivity contribution >= 4 is 11.6 Å². The Bertz CT molecular complexity index is 713. The first kappa shape index (κ1) is 21.4. The second-order valence-corrected chi connectivity index (χ2v) is 8.99. The Labute approximate surface area is 180 Å². The van der Waals surface area contributed by atoms with E-state index in [1.807, 2.05) is 19.2 Å². The molecular formula is C23H37FN6. The Morgan fingerprint density at radius 1 is 1.17 bits per heavy atom. The van der Waals surface area contributed by atoms with Crippen molar-refractivity contribution in [3.8, 4) is 0 Å². The summed E-state index contributed by atoms with van der Waals surface area (Å²) in [5.41, 5.74) is 0.732. The molecule has 30 heavy (non-hydrogen) atoms. The molecule has 0 aromatic heterocycles. The van der Waals surface area contributed by atoms with Crippen molar-refractivity contribution in [1.82, 2.24) is 20.4 Å². The number of hydrogen-bond acceptors (Lipinski definition) is 4. The monoisotopic (exact) mass is 416 g/mol. The normalized spacial score (nSPS) is 26.2. The first-order valence-electron chi connectivity index (χ1n) is 11.6. The summed E-state index contributed by atoms with van der Waals surface area (Å²) < 4.78 is 14.0. The average Bonchev–Trinajstić information content (AvgIpc) is 3.54. The molecule has 1 saturated carbocycles. The molecule has 0 bridgehead atoms. The molecule has 1 aromatic carbocycles. The van der Waals surface area contributed by atoms with Crippen LogP contribution in [0.1, 0.15) is 32.6 Å². The number of guanidine groups is 1. The van der Waals surface area contributed by atoms with E-state index >= 15 is 0 Å². The Hall–Kier alpha value is -1.86. The van der Waals surface area contributed by atoms with Crippen LogP contribution < -0.4 is 15.5 Å². The molecule has 2 N–H and O–H groups in total. The lowest BCUT2D eigenvalue weighted by Gasteiger charge is -2.36. The lowest BCUT2D eigenvalue weighted by Crippen LogP contribution is -2.48. The fraction of sp³-hybridized carbons (Fsp3) is 0.696. The maximum atomic E-state index is 14.0. The fourth-order valence-corrected chi connectivity index (χ4v) is 4.89. The number of anilines is 1. The van der Waals surface area contributed by atoms with Gasteiger partial charge in [-0.05, 0) is 51.3 Å². The third kappa shape index (κ3) is 5.43. The molecular weight excluding hydrogens is 379 g/mol. The van der Waals surface area contributed by atoms with Crippen LogP contribution in [0.5, 0.6) is 0 Å². The molecule has 0 amide bonds. The van der Waals surface area contributed by atoms with Crippen molar-refractivity contribution in [2.24, 2.45) is 4.99 Å². The molecule has 2 atom stereocenters. The van der Waals surface area contributed by atoms with E-state index in [1.54, 1.807) is 12.1 Å². The van der Waals surface area contributed by atoms with Gasteiger partial charge in [-0.25, -0.2) is 4.39 Å². The minimum absolute atomic E-state index is 0.119. The molecule has 166 valence electrons. The first-order valence-corrected chi connectivity index (χ1v) is 11.6. The van der Waals surface area contributed by atoms with Gasteiger partial charge in [0.05, 0.1) is 5.69 Å². The third-order valence-electron chi connectivity index (χ3n) is 6.71. The Morgan fingerprint density at radius 3 is 2.63 bits per heavy atom. The number of aliphatic imine (C=N–C) groups is 1. The number of halogens is 1. The number of nitrogens with one attached hydrogen (secondary N) is 2. The van der Waals surface area contributed by atoms with Gasteiger partial charge in [-0.15, -0.1) is 0 Å². The van der Waals surface area contributed by atoms with Crippen LogP contribution in [0.4, 0.5) is 10.1 Å². The number of benzene rings is 1. The van der Waals surface area contributed by atoms with Crippen LogP contribution >= 0.6 is 0 Å². The summed E-state index contributed by atoms with van der Waals surface area (Å²) in [6, 6.07) is 9.09. The van der Waals surface area contributed by atoms with Crippen LogP contribution in [0.2, 0.25) is 0 Å². The molecule has 7 heteroatoms. The molecule has 6 nitrogen and oxygen atoms in total. The summed E-state index contributed by atoms with van der Waals surface area (Å²) >= 11 is 0. The lowest BCUT2D eigenvalue weighted by atomic mass is 10.2. The molecule has 3 fully saturated rings. The molecule has 1 aromatic rings. The van der Waals surface area contributed by atoms with Crippen molar-refractivity contribution in [3.05, 3.63) is 30.1 Å². The number of rotatable bonds is 7. The van der Waals surface area contributed by atoms with Gasteiger partial charge in [0.2, 0.25) is 0 Å². The van der Waals surface area contributed by atoms with E-state index < -0.39 is 0 Å². The van der Waals surface area contributed by atoms with Gasteiger partial charge in [0, 0.05) is 64.4 Å². The van der Waals surface area contributed by atoms with Gasteiger partial charge < -0.3 is 15.5 Å². The minimum atomic E-state index is -0.119. The molecule has 2 heterocycles. The van der Waals surface area contributed by atoms with Crippen molar-refractivity contribution in [2.75, 3.05) is 57.8 Å². The van der Waals surface area contributed by atoms with Crippen molar-refractivity contribution in [2.45, 2.75) is 50.7 Å². The third-order valence-corrected chi connectivity index (χ3v) is 6.71. The Balaban J connectivity index is 1.12. The van der Waals surface area contributed by atoms with E-state index in [4.69, 9.17) is 0 Å². The Kier molecular flexibility index (Phi) is 7.10. The van der Waals surface area contributed by atoms with E-state index in [2.05, 4.69) is 37.2 Å². The molecule has 4 rings (SSSR count). The second kappa shape index (κ2) is 9.96. The summed E-state index contributed by atoms with van der Waals surface area (Å²) in [6.45, 7) is 9.20. The maximum absolute atomic E-state index is 14.0. The van der Waals surface area contributed by atoms with Gasteiger partial charge in [-0.3, -0.25) is 14.8 Å². The number of piperazine rings is 1. The smallest absolute Gasteiger partial charge is 0.191 e. The maximum Gasteiger partial charge on any atom is 0.191 e. The van der Waals surface area contributed by atoms with Gasteiger partial charge >= 0.3 is 0 Å². The van der Waals surface area contributed by atoms with Crippen molar-refractivity contribution < 1.29 is 4.39 Å². The fourth-order valence-electron chi connectivity index (χ4n) is 4.89. The highest BCUT2D eigenvalue weighted by Crippen LogP contribution is 2.33. The van der Waals surface area contributed by atoms with Crippen LogP contribution in [0.15, 0.2) is 29.3 Å². The van der Waals surface area contributed by atoms with Crippen LogP contribution in [0.3, 0.4) is 0 Å². The summed E-state index contributed by atoms with van der Waals surface area (Å²) in [4.78, 5) is 11.7.